The maximum absolute atomic E-state index is 11.1. The average molecular weight is 218 g/mol. The normalized spacial score (nSPS) is 26.4. The zero-order chi connectivity index (χ0) is 11.9. The number of hydrogen-bond acceptors (Lipinski definition) is 1. The molecule has 0 radical (unpaired) electrons. The lowest BCUT2D eigenvalue weighted by molar-refractivity contribution is -0.139. The number of rotatable bonds is 3. The van der Waals surface area contributed by atoms with Gasteiger partial charge in [-0.2, -0.15) is 0 Å². The van der Waals surface area contributed by atoms with Gasteiger partial charge in [-0.25, -0.2) is 0 Å². The highest BCUT2D eigenvalue weighted by molar-refractivity contribution is 5.77. The van der Waals surface area contributed by atoms with Crippen molar-refractivity contribution in [1.82, 2.24) is 0 Å². The van der Waals surface area contributed by atoms with Crippen LogP contribution in [0.15, 0.2) is 24.3 Å². The van der Waals surface area contributed by atoms with Gasteiger partial charge in [-0.3, -0.25) is 4.79 Å². The van der Waals surface area contributed by atoms with E-state index in [0.717, 1.165) is 6.42 Å². The third-order valence-corrected chi connectivity index (χ3v) is 3.81. The molecule has 2 rings (SSSR count). The zero-order valence-electron chi connectivity index (χ0n) is 10.0. The fourth-order valence-electron chi connectivity index (χ4n) is 2.73. The van der Waals surface area contributed by atoms with Crippen LogP contribution in [-0.4, -0.2) is 11.1 Å². The summed E-state index contributed by atoms with van der Waals surface area (Å²) in [4.78, 5) is 11.1. The third-order valence-electron chi connectivity index (χ3n) is 3.81. The number of carboxylic acids is 1. The predicted molar refractivity (Wildman–Crippen MR) is 63.5 cm³/mol. The molecule has 2 heteroatoms. The summed E-state index contributed by atoms with van der Waals surface area (Å²) in [6, 6.07) is 8.32. The van der Waals surface area contributed by atoms with E-state index < -0.39 is 5.97 Å². The number of benzene rings is 1. The van der Waals surface area contributed by atoms with Gasteiger partial charge < -0.3 is 5.11 Å². The Bertz CT molecular complexity index is 420. The van der Waals surface area contributed by atoms with Crippen molar-refractivity contribution in [2.24, 2.45) is 11.3 Å². The van der Waals surface area contributed by atoms with E-state index in [0.29, 0.717) is 0 Å². The summed E-state index contributed by atoms with van der Waals surface area (Å²) in [5, 5.41) is 9.15. The Kier molecular flexibility index (Phi) is 2.53. The summed E-state index contributed by atoms with van der Waals surface area (Å²) in [5.41, 5.74) is 2.36. The monoisotopic (exact) mass is 218 g/mol. The van der Waals surface area contributed by atoms with Crippen LogP contribution in [0.3, 0.4) is 0 Å². The quantitative estimate of drug-likeness (QED) is 0.846. The molecule has 86 valence electrons. The van der Waals surface area contributed by atoms with E-state index in [2.05, 4.69) is 25.1 Å². The van der Waals surface area contributed by atoms with Gasteiger partial charge in [0.2, 0.25) is 0 Å². The van der Waals surface area contributed by atoms with Crippen molar-refractivity contribution in [3.05, 3.63) is 35.4 Å². The molecular weight excluding hydrogens is 200 g/mol. The minimum absolute atomic E-state index is 0.0990. The SMILES string of the molecule is CCc1cccc([C@@H]2[C@@H](C(=O)O)C2(C)C)c1. The second-order valence-electron chi connectivity index (χ2n) is 5.21. The first kappa shape index (κ1) is 11.2. The molecule has 0 unspecified atom stereocenters. The summed E-state index contributed by atoms with van der Waals surface area (Å²) >= 11 is 0. The van der Waals surface area contributed by atoms with Crippen LogP contribution in [0.1, 0.15) is 37.8 Å². The molecule has 16 heavy (non-hydrogen) atoms. The summed E-state index contributed by atoms with van der Waals surface area (Å²) in [5.74, 6) is -0.715. The van der Waals surface area contributed by atoms with E-state index >= 15 is 0 Å². The summed E-state index contributed by atoms with van der Waals surface area (Å²) in [6.45, 7) is 6.19. The highest BCUT2D eigenvalue weighted by Crippen LogP contribution is 2.64. The highest BCUT2D eigenvalue weighted by Gasteiger charge is 2.62. The Balaban J connectivity index is 2.29. The molecule has 1 fully saturated rings. The van der Waals surface area contributed by atoms with E-state index in [1.165, 1.54) is 11.1 Å². The summed E-state index contributed by atoms with van der Waals surface area (Å²) in [6.07, 6.45) is 0.999. The Morgan fingerprint density at radius 3 is 2.62 bits per heavy atom. The van der Waals surface area contributed by atoms with Crippen molar-refractivity contribution in [2.45, 2.75) is 33.1 Å². The van der Waals surface area contributed by atoms with Crippen molar-refractivity contribution in [3.63, 3.8) is 0 Å². The predicted octanol–water partition coefficient (Wildman–Crippen LogP) is 3.07. The lowest BCUT2D eigenvalue weighted by Crippen LogP contribution is -2.03. The molecule has 0 bridgehead atoms. The molecule has 0 saturated heterocycles. The lowest BCUT2D eigenvalue weighted by Gasteiger charge is -2.04. The van der Waals surface area contributed by atoms with E-state index in [1.54, 1.807) is 0 Å². The topological polar surface area (TPSA) is 37.3 Å². The third kappa shape index (κ3) is 1.62. The van der Waals surface area contributed by atoms with Gasteiger partial charge in [0, 0.05) is 5.92 Å². The first-order valence-electron chi connectivity index (χ1n) is 5.80. The van der Waals surface area contributed by atoms with E-state index in [1.807, 2.05) is 19.9 Å². The van der Waals surface area contributed by atoms with Crippen LogP contribution in [0.2, 0.25) is 0 Å². The molecule has 1 aliphatic rings. The molecule has 1 N–H and O–H groups in total. The molecule has 0 aromatic heterocycles. The minimum Gasteiger partial charge on any atom is -0.481 e. The first-order valence-corrected chi connectivity index (χ1v) is 5.80. The zero-order valence-corrected chi connectivity index (χ0v) is 10.0. The average Bonchev–Trinajstić information content (AvgIpc) is 2.82. The van der Waals surface area contributed by atoms with E-state index in [4.69, 9.17) is 5.11 Å². The van der Waals surface area contributed by atoms with Crippen molar-refractivity contribution >= 4 is 5.97 Å². The van der Waals surface area contributed by atoms with Crippen molar-refractivity contribution < 1.29 is 9.90 Å². The Morgan fingerprint density at radius 1 is 1.44 bits per heavy atom. The molecule has 1 aliphatic carbocycles. The standard InChI is InChI=1S/C14H18O2/c1-4-9-6-5-7-10(8-9)11-12(13(15)16)14(11,2)3/h5-8,11-12H,4H2,1-3H3,(H,15,16)/t11-,12+/m1/s1. The van der Waals surface area contributed by atoms with Gasteiger partial charge >= 0.3 is 5.97 Å². The number of hydrogen-bond donors (Lipinski definition) is 1. The summed E-state index contributed by atoms with van der Waals surface area (Å²) < 4.78 is 0. The molecule has 1 aromatic rings. The molecule has 2 atom stereocenters. The van der Waals surface area contributed by atoms with Crippen LogP contribution in [-0.2, 0) is 11.2 Å². The highest BCUT2D eigenvalue weighted by atomic mass is 16.4. The van der Waals surface area contributed by atoms with Crippen LogP contribution in [0, 0.1) is 11.3 Å². The molecule has 1 saturated carbocycles. The van der Waals surface area contributed by atoms with Gasteiger partial charge in [-0.05, 0) is 23.0 Å². The van der Waals surface area contributed by atoms with Gasteiger partial charge in [-0.1, -0.05) is 45.0 Å². The van der Waals surface area contributed by atoms with Gasteiger partial charge in [0.25, 0.3) is 0 Å². The molecular formula is C14H18O2. The van der Waals surface area contributed by atoms with E-state index in [-0.39, 0.29) is 17.3 Å². The largest absolute Gasteiger partial charge is 0.481 e. The van der Waals surface area contributed by atoms with Crippen LogP contribution >= 0.6 is 0 Å². The van der Waals surface area contributed by atoms with Gasteiger partial charge in [-0.15, -0.1) is 0 Å². The molecule has 0 aliphatic heterocycles. The van der Waals surface area contributed by atoms with Crippen molar-refractivity contribution in [2.75, 3.05) is 0 Å². The maximum atomic E-state index is 11.1. The molecule has 0 amide bonds. The second-order valence-corrected chi connectivity index (χ2v) is 5.21. The van der Waals surface area contributed by atoms with E-state index in [9.17, 15) is 4.79 Å². The smallest absolute Gasteiger partial charge is 0.307 e. The second kappa shape index (κ2) is 3.62. The van der Waals surface area contributed by atoms with Crippen molar-refractivity contribution in [1.29, 1.82) is 0 Å². The molecule has 2 nitrogen and oxygen atoms in total. The number of aryl methyl sites for hydroxylation is 1. The number of carbonyl (C=O) groups is 1. The summed E-state index contributed by atoms with van der Waals surface area (Å²) in [7, 11) is 0. The Hall–Kier alpha value is -1.31. The fourth-order valence-corrected chi connectivity index (χ4v) is 2.73. The molecule has 1 aromatic carbocycles. The Morgan fingerprint density at radius 2 is 2.12 bits per heavy atom. The molecule has 0 spiro atoms. The minimum atomic E-state index is -0.670. The molecule has 0 heterocycles. The number of aliphatic carboxylic acids is 1. The first-order chi connectivity index (χ1) is 7.48. The number of carboxylic acid groups (broad SMARTS) is 1. The van der Waals surface area contributed by atoms with Gasteiger partial charge in [0.05, 0.1) is 5.92 Å². The van der Waals surface area contributed by atoms with Crippen molar-refractivity contribution in [3.8, 4) is 0 Å². The van der Waals surface area contributed by atoms with Crippen LogP contribution in [0.25, 0.3) is 0 Å². The van der Waals surface area contributed by atoms with Gasteiger partial charge in [0.1, 0.15) is 0 Å². The fraction of sp³-hybridized carbons (Fsp3) is 0.500. The van der Waals surface area contributed by atoms with Crippen LogP contribution in [0.5, 0.6) is 0 Å². The Labute approximate surface area is 96.3 Å². The van der Waals surface area contributed by atoms with Gasteiger partial charge in [0.15, 0.2) is 0 Å². The van der Waals surface area contributed by atoms with Crippen LogP contribution < -0.4 is 0 Å². The lowest BCUT2D eigenvalue weighted by atomic mass is 10.0. The maximum Gasteiger partial charge on any atom is 0.307 e. The van der Waals surface area contributed by atoms with Crippen LogP contribution in [0.4, 0.5) is 0 Å².